The summed E-state index contributed by atoms with van der Waals surface area (Å²) in [7, 11) is 0. The Morgan fingerprint density at radius 2 is 2.19 bits per heavy atom. The van der Waals surface area contributed by atoms with Crippen molar-refractivity contribution in [1.29, 1.82) is 0 Å². The van der Waals surface area contributed by atoms with Crippen LogP contribution < -0.4 is 11.1 Å². The lowest BCUT2D eigenvalue weighted by Gasteiger charge is -2.16. The highest BCUT2D eigenvalue weighted by Gasteiger charge is 2.33. The molecule has 6 nitrogen and oxygen atoms in total. The second-order valence-electron chi connectivity index (χ2n) is 3.95. The van der Waals surface area contributed by atoms with Crippen LogP contribution in [-0.2, 0) is 14.3 Å². The number of ether oxygens (including phenoxy) is 1. The van der Waals surface area contributed by atoms with E-state index in [9.17, 15) is 9.59 Å². The van der Waals surface area contributed by atoms with Gasteiger partial charge in [0.1, 0.15) is 6.61 Å². The molecule has 1 unspecified atom stereocenters. The van der Waals surface area contributed by atoms with Crippen LogP contribution in [0.2, 0.25) is 0 Å². The molecule has 0 saturated heterocycles. The van der Waals surface area contributed by atoms with Crippen LogP contribution in [0.25, 0.3) is 0 Å². The minimum absolute atomic E-state index is 0.0205. The molecule has 0 aromatic heterocycles. The Hall–Kier alpha value is -1.14. The van der Waals surface area contributed by atoms with Crippen molar-refractivity contribution in [2.75, 3.05) is 19.8 Å². The summed E-state index contributed by atoms with van der Waals surface area (Å²) in [5.41, 5.74) is 5.21. The molecule has 16 heavy (non-hydrogen) atoms. The number of nitrogens with one attached hydrogen (secondary N) is 1. The fourth-order valence-corrected chi connectivity index (χ4v) is 1.52. The Kier molecular flexibility index (Phi) is 5.21. The van der Waals surface area contributed by atoms with E-state index in [4.69, 9.17) is 15.6 Å². The van der Waals surface area contributed by atoms with E-state index in [-0.39, 0.29) is 25.0 Å². The summed E-state index contributed by atoms with van der Waals surface area (Å²) in [4.78, 5) is 22.0. The molecule has 0 bridgehead atoms. The van der Waals surface area contributed by atoms with Crippen molar-refractivity contribution in [3.63, 3.8) is 0 Å². The molecule has 1 rings (SSSR count). The van der Waals surface area contributed by atoms with E-state index < -0.39 is 5.97 Å². The van der Waals surface area contributed by atoms with Crippen LogP contribution in [0.15, 0.2) is 0 Å². The van der Waals surface area contributed by atoms with E-state index in [2.05, 4.69) is 5.32 Å². The molecule has 6 heteroatoms. The Morgan fingerprint density at radius 1 is 1.50 bits per heavy atom. The summed E-state index contributed by atoms with van der Waals surface area (Å²) in [6.07, 6.45) is 1.96. The molecule has 0 radical (unpaired) electrons. The van der Waals surface area contributed by atoms with Crippen LogP contribution in [0, 0.1) is 5.92 Å². The van der Waals surface area contributed by atoms with Crippen molar-refractivity contribution in [3.8, 4) is 0 Å². The number of carboxylic acid groups (broad SMARTS) is 1. The van der Waals surface area contributed by atoms with Crippen LogP contribution in [0.4, 0.5) is 0 Å². The topological polar surface area (TPSA) is 102 Å². The molecule has 1 saturated carbocycles. The van der Waals surface area contributed by atoms with Gasteiger partial charge in [0.15, 0.2) is 0 Å². The standard InChI is InChI=1S/C10H18N2O4/c11-3-4-16-6-9(13)12-8(5-10(14)15)7-1-2-7/h7-8H,1-6,11H2,(H,12,13)(H,14,15). The highest BCUT2D eigenvalue weighted by molar-refractivity contribution is 5.78. The Bertz CT molecular complexity index is 253. The van der Waals surface area contributed by atoms with Gasteiger partial charge in [-0.1, -0.05) is 0 Å². The number of rotatable bonds is 8. The molecule has 0 aliphatic heterocycles. The van der Waals surface area contributed by atoms with Crippen LogP contribution >= 0.6 is 0 Å². The first-order chi connectivity index (χ1) is 7.63. The normalized spacial score (nSPS) is 16.8. The number of amides is 1. The van der Waals surface area contributed by atoms with Crippen LogP contribution in [0.5, 0.6) is 0 Å². The summed E-state index contributed by atoms with van der Waals surface area (Å²) >= 11 is 0. The van der Waals surface area contributed by atoms with E-state index in [0.717, 1.165) is 12.8 Å². The molecule has 1 amide bonds. The lowest BCUT2D eigenvalue weighted by Crippen LogP contribution is -2.40. The summed E-state index contributed by atoms with van der Waals surface area (Å²) in [5.74, 6) is -0.846. The maximum Gasteiger partial charge on any atom is 0.305 e. The van der Waals surface area contributed by atoms with Gasteiger partial charge >= 0.3 is 5.97 Å². The first kappa shape index (κ1) is 12.9. The van der Waals surface area contributed by atoms with Gasteiger partial charge in [0.2, 0.25) is 5.91 Å². The van der Waals surface area contributed by atoms with Crippen molar-refractivity contribution in [2.24, 2.45) is 11.7 Å². The number of hydrogen-bond acceptors (Lipinski definition) is 4. The third-order valence-electron chi connectivity index (χ3n) is 2.43. The van der Waals surface area contributed by atoms with Crippen molar-refractivity contribution in [2.45, 2.75) is 25.3 Å². The van der Waals surface area contributed by atoms with E-state index in [0.29, 0.717) is 19.1 Å². The smallest absolute Gasteiger partial charge is 0.305 e. The quantitative estimate of drug-likeness (QED) is 0.480. The highest BCUT2D eigenvalue weighted by Crippen LogP contribution is 2.33. The van der Waals surface area contributed by atoms with Crippen molar-refractivity contribution >= 4 is 11.9 Å². The van der Waals surface area contributed by atoms with Gasteiger partial charge in [-0.15, -0.1) is 0 Å². The monoisotopic (exact) mass is 230 g/mol. The summed E-state index contributed by atoms with van der Waals surface area (Å²) < 4.78 is 4.97. The van der Waals surface area contributed by atoms with Gasteiger partial charge in [-0.05, 0) is 18.8 Å². The van der Waals surface area contributed by atoms with Gasteiger partial charge in [0.05, 0.1) is 13.0 Å². The molecule has 0 aromatic carbocycles. The number of carboxylic acids is 1. The van der Waals surface area contributed by atoms with E-state index in [1.165, 1.54) is 0 Å². The minimum atomic E-state index is -0.889. The Labute approximate surface area is 94.1 Å². The molecule has 1 atom stereocenters. The predicted octanol–water partition coefficient (Wildman–Crippen LogP) is -0.669. The van der Waals surface area contributed by atoms with Crippen LogP contribution in [0.3, 0.4) is 0 Å². The van der Waals surface area contributed by atoms with E-state index in [1.807, 2.05) is 0 Å². The van der Waals surface area contributed by atoms with E-state index in [1.54, 1.807) is 0 Å². The number of hydrogen-bond donors (Lipinski definition) is 3. The van der Waals surface area contributed by atoms with Crippen molar-refractivity contribution < 1.29 is 19.4 Å². The molecule has 92 valence electrons. The summed E-state index contributed by atoms with van der Waals surface area (Å²) in [6.45, 7) is 0.648. The second kappa shape index (κ2) is 6.44. The number of carbonyl (C=O) groups is 2. The SMILES string of the molecule is NCCOCC(=O)NC(CC(=O)O)C1CC1. The maximum absolute atomic E-state index is 11.4. The zero-order chi connectivity index (χ0) is 12.0. The van der Waals surface area contributed by atoms with Gasteiger partial charge in [-0.2, -0.15) is 0 Å². The fraction of sp³-hybridized carbons (Fsp3) is 0.800. The fourth-order valence-electron chi connectivity index (χ4n) is 1.52. The minimum Gasteiger partial charge on any atom is -0.481 e. The molecule has 1 aliphatic carbocycles. The maximum atomic E-state index is 11.4. The molecule has 0 spiro atoms. The van der Waals surface area contributed by atoms with Crippen molar-refractivity contribution in [1.82, 2.24) is 5.32 Å². The summed E-state index contributed by atoms with van der Waals surface area (Å²) in [6, 6.07) is -0.258. The van der Waals surface area contributed by atoms with Crippen LogP contribution in [0.1, 0.15) is 19.3 Å². The highest BCUT2D eigenvalue weighted by atomic mass is 16.5. The van der Waals surface area contributed by atoms with Crippen molar-refractivity contribution in [3.05, 3.63) is 0 Å². The molecule has 0 heterocycles. The third-order valence-corrected chi connectivity index (χ3v) is 2.43. The molecular weight excluding hydrogens is 212 g/mol. The number of aliphatic carboxylic acids is 1. The third kappa shape index (κ3) is 5.09. The van der Waals surface area contributed by atoms with Gasteiger partial charge in [-0.3, -0.25) is 9.59 Å². The average molecular weight is 230 g/mol. The number of carbonyl (C=O) groups excluding carboxylic acids is 1. The van der Waals surface area contributed by atoms with Gasteiger partial charge in [-0.25, -0.2) is 0 Å². The molecule has 0 aromatic rings. The number of nitrogens with two attached hydrogens (primary N) is 1. The molecule has 1 fully saturated rings. The zero-order valence-corrected chi connectivity index (χ0v) is 9.15. The average Bonchev–Trinajstić information content (AvgIpc) is 2.99. The first-order valence-corrected chi connectivity index (χ1v) is 5.42. The zero-order valence-electron chi connectivity index (χ0n) is 9.15. The molecule has 1 aliphatic rings. The van der Waals surface area contributed by atoms with Gasteiger partial charge < -0.3 is 20.9 Å². The molecular formula is C10H18N2O4. The Morgan fingerprint density at radius 3 is 2.69 bits per heavy atom. The first-order valence-electron chi connectivity index (χ1n) is 5.42. The lowest BCUT2D eigenvalue weighted by atomic mass is 10.1. The van der Waals surface area contributed by atoms with Crippen LogP contribution in [-0.4, -0.2) is 42.8 Å². The Balaban J connectivity index is 2.24. The van der Waals surface area contributed by atoms with Gasteiger partial charge in [0.25, 0.3) is 0 Å². The summed E-state index contributed by atoms with van der Waals surface area (Å²) in [5, 5.41) is 11.4. The lowest BCUT2D eigenvalue weighted by molar-refractivity contribution is -0.138. The predicted molar refractivity (Wildman–Crippen MR) is 56.8 cm³/mol. The largest absolute Gasteiger partial charge is 0.481 e. The second-order valence-corrected chi connectivity index (χ2v) is 3.95. The van der Waals surface area contributed by atoms with Gasteiger partial charge in [0, 0.05) is 12.6 Å². The van der Waals surface area contributed by atoms with E-state index >= 15 is 0 Å². The molecule has 4 N–H and O–H groups in total.